The zero-order valence-corrected chi connectivity index (χ0v) is 31.9. The first-order valence-electron chi connectivity index (χ1n) is 20.1. The van der Waals surface area contributed by atoms with Gasteiger partial charge in [-0.25, -0.2) is 4.98 Å². The number of aromatic nitrogens is 1. The van der Waals surface area contributed by atoms with Crippen molar-refractivity contribution in [1.29, 1.82) is 0 Å². The fourth-order valence-electron chi connectivity index (χ4n) is 9.21. The van der Waals surface area contributed by atoms with E-state index >= 15 is 0 Å². The van der Waals surface area contributed by atoms with E-state index in [0.29, 0.717) is 0 Å². The number of benzene rings is 8. The standard InChI is InChI=1S/C55H39N3/c1-5-18-39(19-6-1)49-36-51(57(42-23-9-3-10-24-42)44-29-28-38-17-13-14-22-41(38)35-44)47-32-30-46-50(40-20-7-2-8-21-40)37-52(48-33-31-45(49)54(47)55(46)48)58(43-25-11-4-12-26-43)53-27-15-16-34-56-53/h1-30,32-37,52H,31H2. The smallest absolute Gasteiger partial charge is 0.133 e. The van der Waals surface area contributed by atoms with Crippen molar-refractivity contribution in [3.8, 4) is 11.1 Å². The van der Waals surface area contributed by atoms with Gasteiger partial charge >= 0.3 is 0 Å². The Morgan fingerprint density at radius 3 is 1.88 bits per heavy atom. The van der Waals surface area contributed by atoms with Crippen LogP contribution < -0.4 is 9.80 Å². The molecule has 0 radical (unpaired) electrons. The Hall–Kier alpha value is -7.49. The third kappa shape index (κ3) is 5.71. The minimum Gasteiger partial charge on any atom is -0.315 e. The summed E-state index contributed by atoms with van der Waals surface area (Å²) >= 11 is 0. The summed E-state index contributed by atoms with van der Waals surface area (Å²) < 4.78 is 0. The Bertz CT molecular complexity index is 2970. The number of allylic oxidation sites excluding steroid dienone is 1. The van der Waals surface area contributed by atoms with Gasteiger partial charge < -0.3 is 9.80 Å². The van der Waals surface area contributed by atoms with Crippen molar-refractivity contribution in [2.75, 3.05) is 9.80 Å². The van der Waals surface area contributed by atoms with Crippen LogP contribution in [0.3, 0.4) is 0 Å². The van der Waals surface area contributed by atoms with Crippen molar-refractivity contribution in [2.24, 2.45) is 0 Å². The summed E-state index contributed by atoms with van der Waals surface area (Å²) in [7, 11) is 0. The second-order valence-corrected chi connectivity index (χ2v) is 15.0. The van der Waals surface area contributed by atoms with Gasteiger partial charge in [-0.3, -0.25) is 0 Å². The van der Waals surface area contributed by atoms with Crippen molar-refractivity contribution < 1.29 is 0 Å². The molecule has 3 heteroatoms. The molecule has 1 unspecified atom stereocenters. The molecule has 58 heavy (non-hydrogen) atoms. The van der Waals surface area contributed by atoms with Crippen molar-refractivity contribution in [3.05, 3.63) is 241 Å². The monoisotopic (exact) mass is 741 g/mol. The second kappa shape index (κ2) is 14.2. The number of hydrogen-bond acceptors (Lipinski definition) is 3. The maximum absolute atomic E-state index is 4.97. The highest BCUT2D eigenvalue weighted by atomic mass is 15.2. The lowest BCUT2D eigenvalue weighted by atomic mass is 9.73. The van der Waals surface area contributed by atoms with E-state index in [1.54, 1.807) is 0 Å². The number of pyridine rings is 1. The number of rotatable bonds is 8. The Labute approximate surface area is 339 Å². The van der Waals surface area contributed by atoms with Crippen LogP contribution in [0.1, 0.15) is 22.3 Å². The minimum absolute atomic E-state index is 0.117. The molecule has 1 aromatic heterocycles. The van der Waals surface area contributed by atoms with Crippen LogP contribution in [0.25, 0.3) is 43.8 Å². The summed E-state index contributed by atoms with van der Waals surface area (Å²) in [6, 6.07) is 72.2. The molecule has 3 nitrogen and oxygen atoms in total. The molecule has 1 heterocycles. The second-order valence-electron chi connectivity index (χ2n) is 15.0. The maximum Gasteiger partial charge on any atom is 0.133 e. The molecule has 0 fully saturated rings. The maximum atomic E-state index is 4.97. The Morgan fingerprint density at radius 2 is 1.16 bits per heavy atom. The van der Waals surface area contributed by atoms with Crippen LogP contribution in [0.4, 0.5) is 28.6 Å². The van der Waals surface area contributed by atoms with E-state index in [0.717, 1.165) is 35.0 Å². The van der Waals surface area contributed by atoms with Gasteiger partial charge in [-0.2, -0.15) is 0 Å². The lowest BCUT2D eigenvalue weighted by Gasteiger charge is -2.40. The normalized spacial score (nSPS) is 14.2. The third-order valence-corrected chi connectivity index (χ3v) is 11.8. The minimum atomic E-state index is -0.117. The zero-order valence-electron chi connectivity index (χ0n) is 31.9. The molecule has 0 saturated heterocycles. The molecule has 0 amide bonds. The first kappa shape index (κ1) is 33.8. The molecule has 2 aliphatic carbocycles. The van der Waals surface area contributed by atoms with Crippen molar-refractivity contribution in [2.45, 2.75) is 12.5 Å². The molecule has 0 saturated carbocycles. The van der Waals surface area contributed by atoms with Gasteiger partial charge in [0.2, 0.25) is 0 Å². The van der Waals surface area contributed by atoms with Gasteiger partial charge in [0.15, 0.2) is 0 Å². The van der Waals surface area contributed by atoms with Crippen LogP contribution in [-0.4, -0.2) is 11.0 Å². The van der Waals surface area contributed by atoms with E-state index < -0.39 is 0 Å². The first-order chi connectivity index (χ1) is 28.8. The van der Waals surface area contributed by atoms with Gasteiger partial charge in [0.25, 0.3) is 0 Å². The van der Waals surface area contributed by atoms with Gasteiger partial charge in [-0.1, -0.05) is 152 Å². The summed E-state index contributed by atoms with van der Waals surface area (Å²) in [5.74, 6) is 0.912. The number of anilines is 5. The predicted octanol–water partition coefficient (Wildman–Crippen LogP) is 14.1. The van der Waals surface area contributed by atoms with E-state index in [1.165, 1.54) is 66.1 Å². The molecule has 274 valence electrons. The molecular weight excluding hydrogens is 703 g/mol. The molecule has 0 aliphatic heterocycles. The largest absolute Gasteiger partial charge is 0.315 e. The summed E-state index contributed by atoms with van der Waals surface area (Å²) in [4.78, 5) is 9.84. The van der Waals surface area contributed by atoms with Gasteiger partial charge in [0, 0.05) is 28.6 Å². The predicted molar refractivity (Wildman–Crippen MR) is 243 cm³/mol. The average Bonchev–Trinajstić information content (AvgIpc) is 3.30. The molecule has 0 spiro atoms. The van der Waals surface area contributed by atoms with Crippen LogP contribution in [0.15, 0.2) is 219 Å². The van der Waals surface area contributed by atoms with E-state index in [1.807, 2.05) is 12.3 Å². The first-order valence-corrected chi connectivity index (χ1v) is 20.1. The molecule has 0 bridgehead atoms. The summed E-state index contributed by atoms with van der Waals surface area (Å²) in [6.45, 7) is 0. The van der Waals surface area contributed by atoms with Gasteiger partial charge in [0.1, 0.15) is 5.82 Å². The Morgan fingerprint density at radius 1 is 0.500 bits per heavy atom. The average molecular weight is 742 g/mol. The van der Waals surface area contributed by atoms with E-state index in [9.17, 15) is 0 Å². The van der Waals surface area contributed by atoms with Crippen LogP contribution in [0, 0.1) is 0 Å². The van der Waals surface area contributed by atoms with Crippen LogP contribution >= 0.6 is 0 Å². The van der Waals surface area contributed by atoms with Gasteiger partial charge in [0.05, 0.1) is 11.7 Å². The fourth-order valence-corrected chi connectivity index (χ4v) is 9.21. The highest BCUT2D eigenvalue weighted by molar-refractivity contribution is 6.14. The third-order valence-electron chi connectivity index (χ3n) is 11.8. The Balaban J connectivity index is 1.24. The van der Waals surface area contributed by atoms with Crippen molar-refractivity contribution >= 4 is 61.3 Å². The SMILES string of the molecule is C1=C(c2ccccc2)c2ccc3c(N(c4ccccc4)c4ccc5ccccc5c4)cc(-c4ccccc4)c4c3c2C(=CC4)C1N(c1ccccc1)c1ccccn1. The highest BCUT2D eigenvalue weighted by Crippen LogP contribution is 2.53. The van der Waals surface area contributed by atoms with E-state index in [-0.39, 0.29) is 6.04 Å². The summed E-state index contributed by atoms with van der Waals surface area (Å²) in [5, 5.41) is 4.98. The number of nitrogens with zero attached hydrogens (tertiary/aromatic N) is 3. The lowest BCUT2D eigenvalue weighted by molar-refractivity contribution is 0.923. The molecule has 8 aromatic carbocycles. The Kier molecular flexibility index (Phi) is 8.29. The highest BCUT2D eigenvalue weighted by Gasteiger charge is 2.36. The molecule has 9 aromatic rings. The quantitative estimate of drug-likeness (QED) is 0.155. The van der Waals surface area contributed by atoms with E-state index in [4.69, 9.17) is 4.98 Å². The number of hydrogen-bond donors (Lipinski definition) is 0. The topological polar surface area (TPSA) is 19.4 Å². The summed E-state index contributed by atoms with van der Waals surface area (Å²) in [6.07, 6.45) is 7.67. The summed E-state index contributed by atoms with van der Waals surface area (Å²) in [5.41, 5.74) is 14.6. The zero-order chi connectivity index (χ0) is 38.4. The molecule has 1 atom stereocenters. The van der Waals surface area contributed by atoms with Gasteiger partial charge in [-0.15, -0.1) is 0 Å². The molecule has 2 aliphatic rings. The molecule has 11 rings (SSSR count). The molecule has 0 N–H and O–H groups in total. The van der Waals surface area contributed by atoms with Crippen LogP contribution in [0.2, 0.25) is 0 Å². The lowest BCUT2D eigenvalue weighted by Crippen LogP contribution is -2.34. The molecular formula is C55H39N3. The van der Waals surface area contributed by atoms with E-state index in [2.05, 4.69) is 216 Å². The van der Waals surface area contributed by atoms with Crippen LogP contribution in [0.5, 0.6) is 0 Å². The van der Waals surface area contributed by atoms with Crippen LogP contribution in [-0.2, 0) is 6.42 Å². The van der Waals surface area contributed by atoms with Gasteiger partial charge in [-0.05, 0) is 128 Å². The number of para-hydroxylation sites is 2. The van der Waals surface area contributed by atoms with Crippen molar-refractivity contribution in [1.82, 2.24) is 4.98 Å². The number of fused-ring (bicyclic) bond motifs is 1. The van der Waals surface area contributed by atoms with Crippen molar-refractivity contribution in [3.63, 3.8) is 0 Å². The fraction of sp³-hybridized carbons (Fsp3) is 0.0364.